The van der Waals surface area contributed by atoms with Gasteiger partial charge in [0.1, 0.15) is 6.42 Å². The zero-order chi connectivity index (χ0) is 5.86. The Hall–Kier alpha value is -0.995. The molecule has 44 valence electrons. The van der Waals surface area contributed by atoms with Gasteiger partial charge in [0.25, 0.3) is 0 Å². The molecule has 0 rings (SSSR count). The lowest BCUT2D eigenvalue weighted by atomic mass is 10.5. The minimum Gasteiger partial charge on any atom is -0.481 e. The summed E-state index contributed by atoms with van der Waals surface area (Å²) in [5, 5.41) is 15.4. The molecule has 0 fully saturated rings. The Morgan fingerprint density at radius 3 is 1.38 bits per heavy atom. The summed E-state index contributed by atoms with van der Waals surface area (Å²) < 4.78 is 0. The van der Waals surface area contributed by atoms with Crippen molar-refractivity contribution >= 4 is 20.4 Å². The van der Waals surface area contributed by atoms with Crippen LogP contribution >= 0.6 is 0 Å². The molecule has 2 N–H and O–H groups in total. The first-order valence-corrected chi connectivity index (χ1v) is 1.56. The molecular formula is C3H5BO4. The summed E-state index contributed by atoms with van der Waals surface area (Å²) in [4.78, 5) is 18.9. The van der Waals surface area contributed by atoms with Crippen molar-refractivity contribution in [2.24, 2.45) is 0 Å². The van der Waals surface area contributed by atoms with E-state index in [4.69, 9.17) is 10.2 Å². The largest absolute Gasteiger partial charge is 0.481 e. The van der Waals surface area contributed by atoms with Gasteiger partial charge >= 0.3 is 11.9 Å². The van der Waals surface area contributed by atoms with Crippen LogP contribution in [0, 0.1) is 0 Å². The lowest BCUT2D eigenvalue weighted by Gasteiger charge is -1.80. The first-order valence-electron chi connectivity index (χ1n) is 1.56. The summed E-state index contributed by atoms with van der Waals surface area (Å²) in [6.45, 7) is 0. The van der Waals surface area contributed by atoms with Crippen LogP contribution in [-0.4, -0.2) is 30.6 Å². The van der Waals surface area contributed by atoms with E-state index in [0.717, 1.165) is 0 Å². The van der Waals surface area contributed by atoms with Gasteiger partial charge in [-0.1, -0.05) is 0 Å². The van der Waals surface area contributed by atoms with Gasteiger partial charge in [-0.25, -0.2) is 0 Å². The predicted molar refractivity (Wildman–Crippen MR) is 27.0 cm³/mol. The summed E-state index contributed by atoms with van der Waals surface area (Å²) >= 11 is 0. The van der Waals surface area contributed by atoms with E-state index in [1.807, 2.05) is 0 Å². The molecule has 4 nitrogen and oxygen atoms in total. The fourth-order valence-corrected chi connectivity index (χ4v) is 0.129. The van der Waals surface area contributed by atoms with Crippen LogP contribution in [0.3, 0.4) is 0 Å². The van der Waals surface area contributed by atoms with E-state index in [-0.39, 0.29) is 8.41 Å². The highest BCUT2D eigenvalue weighted by Gasteiger charge is 2.01. The molecule has 0 unspecified atom stereocenters. The Labute approximate surface area is 47.7 Å². The second kappa shape index (κ2) is 4.17. The number of carboxylic acids is 2. The third kappa shape index (κ3) is 8.89. The number of carboxylic acid groups (broad SMARTS) is 2. The third-order valence-electron chi connectivity index (χ3n) is 0.302. The highest BCUT2D eigenvalue weighted by Crippen LogP contribution is 1.74. The summed E-state index contributed by atoms with van der Waals surface area (Å²) in [5.41, 5.74) is 0. The summed E-state index contributed by atoms with van der Waals surface area (Å²) in [6.07, 6.45) is -0.806. The second-order valence-corrected chi connectivity index (χ2v) is 0.964. The zero-order valence-corrected chi connectivity index (χ0v) is 4.13. The Morgan fingerprint density at radius 1 is 1.12 bits per heavy atom. The fraction of sp³-hybridized carbons (Fsp3) is 0.333. The van der Waals surface area contributed by atoms with Crippen LogP contribution in [0.2, 0.25) is 0 Å². The molecule has 0 saturated heterocycles. The smallest absolute Gasteiger partial charge is 0.314 e. The highest BCUT2D eigenvalue weighted by atomic mass is 16.4. The first-order chi connectivity index (χ1) is 3.13. The molecule has 0 aliphatic heterocycles. The molecule has 0 aliphatic rings. The Balaban J connectivity index is 0. The first kappa shape index (κ1) is 10.1. The average Bonchev–Trinajstić information content (AvgIpc) is 1.27. The molecule has 0 aromatic rings. The molecule has 0 amide bonds. The van der Waals surface area contributed by atoms with Crippen molar-refractivity contribution in [3.8, 4) is 0 Å². The van der Waals surface area contributed by atoms with Crippen molar-refractivity contribution < 1.29 is 19.8 Å². The minimum absolute atomic E-state index is 0. The van der Waals surface area contributed by atoms with Gasteiger partial charge < -0.3 is 10.2 Å². The van der Waals surface area contributed by atoms with Gasteiger partial charge in [-0.3, -0.25) is 9.59 Å². The second-order valence-electron chi connectivity index (χ2n) is 0.964. The lowest BCUT2D eigenvalue weighted by Crippen LogP contribution is -2.03. The number of rotatable bonds is 2. The topological polar surface area (TPSA) is 74.6 Å². The number of hydrogen-bond acceptors (Lipinski definition) is 2. The van der Waals surface area contributed by atoms with Gasteiger partial charge in [0, 0.05) is 8.41 Å². The standard InChI is InChI=1S/C3H4O4.BH/c4-2(5)1-3(6)7;/h1H2,(H,4,5)(H,6,7);1H. The van der Waals surface area contributed by atoms with Crippen LogP contribution in [-0.2, 0) is 9.59 Å². The average molecular weight is 116 g/mol. The van der Waals surface area contributed by atoms with Crippen LogP contribution in [0.25, 0.3) is 0 Å². The van der Waals surface area contributed by atoms with Crippen LogP contribution in [0.4, 0.5) is 0 Å². The molecule has 0 aliphatic carbocycles. The Morgan fingerprint density at radius 2 is 1.38 bits per heavy atom. The van der Waals surface area contributed by atoms with E-state index in [0.29, 0.717) is 0 Å². The minimum atomic E-state index is -1.31. The Kier molecular flexibility index (Phi) is 5.26. The van der Waals surface area contributed by atoms with Crippen molar-refractivity contribution in [3.63, 3.8) is 0 Å². The molecule has 0 saturated carbocycles. The number of aliphatic carboxylic acids is 2. The molecule has 0 bridgehead atoms. The van der Waals surface area contributed by atoms with Crippen LogP contribution < -0.4 is 0 Å². The molecule has 0 spiro atoms. The van der Waals surface area contributed by atoms with Crippen molar-refractivity contribution in [1.29, 1.82) is 0 Å². The van der Waals surface area contributed by atoms with E-state index in [9.17, 15) is 9.59 Å². The van der Waals surface area contributed by atoms with Gasteiger partial charge in [-0.2, -0.15) is 0 Å². The van der Waals surface area contributed by atoms with Crippen molar-refractivity contribution in [3.05, 3.63) is 0 Å². The zero-order valence-electron chi connectivity index (χ0n) is 4.13. The third-order valence-corrected chi connectivity index (χ3v) is 0.302. The van der Waals surface area contributed by atoms with Gasteiger partial charge in [-0.05, 0) is 0 Å². The molecule has 0 atom stereocenters. The highest BCUT2D eigenvalue weighted by molar-refractivity contribution is 5.88. The fourth-order valence-electron chi connectivity index (χ4n) is 0.129. The number of hydrogen-bond donors (Lipinski definition) is 2. The van der Waals surface area contributed by atoms with E-state index in [1.165, 1.54) is 0 Å². The maximum atomic E-state index is 9.43. The summed E-state index contributed by atoms with van der Waals surface area (Å²) in [7, 11) is 0. The van der Waals surface area contributed by atoms with Crippen molar-refractivity contribution in [1.82, 2.24) is 0 Å². The van der Waals surface area contributed by atoms with E-state index in [2.05, 4.69) is 0 Å². The SMILES string of the molecule is O=C(O)CC(=O)O.[BH]. The molecular weight excluding hydrogens is 111 g/mol. The monoisotopic (exact) mass is 116 g/mol. The predicted octanol–water partition coefficient (Wildman–Crippen LogP) is -1.10. The number of carbonyl (C=O) groups is 2. The van der Waals surface area contributed by atoms with E-state index >= 15 is 0 Å². The normalized spacial score (nSPS) is 7.00. The molecule has 8 heavy (non-hydrogen) atoms. The van der Waals surface area contributed by atoms with E-state index < -0.39 is 18.4 Å². The quantitative estimate of drug-likeness (QED) is 0.354. The van der Waals surface area contributed by atoms with Gasteiger partial charge in [0.15, 0.2) is 0 Å². The van der Waals surface area contributed by atoms with Crippen LogP contribution in [0.5, 0.6) is 0 Å². The molecule has 2 radical (unpaired) electrons. The van der Waals surface area contributed by atoms with E-state index in [1.54, 1.807) is 0 Å². The maximum Gasteiger partial charge on any atom is 0.314 e. The lowest BCUT2D eigenvalue weighted by molar-refractivity contribution is -0.147. The van der Waals surface area contributed by atoms with Gasteiger partial charge in [0.05, 0.1) is 0 Å². The summed E-state index contributed by atoms with van der Waals surface area (Å²) in [6, 6.07) is 0. The molecule has 5 heteroatoms. The molecule has 0 heterocycles. The van der Waals surface area contributed by atoms with Crippen molar-refractivity contribution in [2.75, 3.05) is 0 Å². The van der Waals surface area contributed by atoms with Crippen LogP contribution in [0.1, 0.15) is 6.42 Å². The Bertz CT molecular complexity index is 87.5. The maximum absolute atomic E-state index is 9.43. The van der Waals surface area contributed by atoms with Crippen molar-refractivity contribution in [2.45, 2.75) is 6.42 Å². The summed E-state index contributed by atoms with van der Waals surface area (Å²) in [5.74, 6) is -2.62. The van der Waals surface area contributed by atoms with Gasteiger partial charge in [0.2, 0.25) is 0 Å². The molecule has 0 aromatic heterocycles. The van der Waals surface area contributed by atoms with Gasteiger partial charge in [-0.15, -0.1) is 0 Å². The molecule has 0 aromatic carbocycles. The van der Waals surface area contributed by atoms with Crippen LogP contribution in [0.15, 0.2) is 0 Å².